The second-order valence-electron chi connectivity index (χ2n) is 2.93. The number of fused-ring (bicyclic) bond motifs is 1. The van der Waals surface area contributed by atoms with Crippen molar-refractivity contribution in [2.75, 3.05) is 6.61 Å². The first-order chi connectivity index (χ1) is 6.70. The van der Waals surface area contributed by atoms with Crippen LogP contribution in [-0.4, -0.2) is 12.9 Å². The largest absolute Gasteiger partial charge is 0.485 e. The van der Waals surface area contributed by atoms with Crippen LogP contribution < -0.4 is 4.74 Å². The van der Waals surface area contributed by atoms with Gasteiger partial charge in [-0.1, -0.05) is 0 Å². The molecular weight excluding hydrogens is 190 g/mol. The van der Waals surface area contributed by atoms with Crippen LogP contribution in [0.15, 0.2) is 17.7 Å². The van der Waals surface area contributed by atoms with Gasteiger partial charge in [0.2, 0.25) is 0 Å². The number of rotatable bonds is 1. The predicted octanol–water partition coefficient (Wildman–Crippen LogP) is 1.94. The molecule has 1 aliphatic rings. The molecule has 2 rings (SSSR count). The fourth-order valence-electron chi connectivity index (χ4n) is 1.30. The zero-order chi connectivity index (χ0) is 10.1. The summed E-state index contributed by atoms with van der Waals surface area (Å²) < 4.78 is 30.8. The van der Waals surface area contributed by atoms with Crippen molar-refractivity contribution in [2.24, 2.45) is 0 Å². The lowest BCUT2D eigenvalue weighted by molar-refractivity contribution is -0.105. The summed E-state index contributed by atoms with van der Waals surface area (Å²) in [4.78, 5) is 10.4. The molecule has 0 N–H and O–H groups in total. The normalized spacial score (nSPS) is 14.0. The highest BCUT2D eigenvalue weighted by Gasteiger charge is 2.16. The Morgan fingerprint density at radius 3 is 2.86 bits per heavy atom. The minimum Gasteiger partial charge on any atom is -0.485 e. The molecule has 4 heteroatoms. The Morgan fingerprint density at radius 2 is 2.14 bits per heavy atom. The molecule has 0 amide bonds. The van der Waals surface area contributed by atoms with Gasteiger partial charge in [0.15, 0.2) is 11.6 Å². The van der Waals surface area contributed by atoms with E-state index in [1.54, 1.807) is 0 Å². The van der Waals surface area contributed by atoms with E-state index in [0.717, 1.165) is 12.1 Å². The monoisotopic (exact) mass is 196 g/mol. The number of benzene rings is 1. The SMILES string of the molecule is O=CC1=Cc2cc(F)cc(F)c2OC1. The highest BCUT2D eigenvalue weighted by atomic mass is 19.1. The summed E-state index contributed by atoms with van der Waals surface area (Å²) >= 11 is 0. The molecule has 1 aromatic carbocycles. The van der Waals surface area contributed by atoms with Gasteiger partial charge in [0.05, 0.1) is 0 Å². The van der Waals surface area contributed by atoms with E-state index in [2.05, 4.69) is 0 Å². The van der Waals surface area contributed by atoms with Gasteiger partial charge >= 0.3 is 0 Å². The maximum absolute atomic E-state index is 13.1. The number of carbonyl (C=O) groups is 1. The molecule has 1 aromatic rings. The Bertz CT molecular complexity index is 424. The van der Waals surface area contributed by atoms with Crippen molar-refractivity contribution in [3.05, 3.63) is 34.9 Å². The number of ether oxygens (including phenoxy) is 1. The highest BCUT2D eigenvalue weighted by Crippen LogP contribution is 2.29. The molecule has 0 bridgehead atoms. The molecule has 0 spiro atoms. The Labute approximate surface area is 78.8 Å². The lowest BCUT2D eigenvalue weighted by atomic mass is 10.1. The van der Waals surface area contributed by atoms with E-state index in [1.165, 1.54) is 6.08 Å². The number of hydrogen-bond acceptors (Lipinski definition) is 2. The Balaban J connectivity index is 2.57. The van der Waals surface area contributed by atoms with Crippen molar-refractivity contribution in [2.45, 2.75) is 0 Å². The predicted molar refractivity (Wildman–Crippen MR) is 45.9 cm³/mol. The van der Waals surface area contributed by atoms with Crippen LogP contribution in [-0.2, 0) is 4.79 Å². The molecule has 72 valence electrons. The summed E-state index contributed by atoms with van der Waals surface area (Å²) in [6.45, 7) is 0.0268. The molecule has 0 fully saturated rings. The van der Waals surface area contributed by atoms with Crippen molar-refractivity contribution in [3.63, 3.8) is 0 Å². The van der Waals surface area contributed by atoms with Crippen LogP contribution in [0.3, 0.4) is 0 Å². The van der Waals surface area contributed by atoms with Gasteiger partial charge in [0.25, 0.3) is 0 Å². The number of hydrogen-bond donors (Lipinski definition) is 0. The van der Waals surface area contributed by atoms with Gasteiger partial charge in [-0.3, -0.25) is 4.79 Å². The van der Waals surface area contributed by atoms with Crippen LogP contribution in [0.2, 0.25) is 0 Å². The van der Waals surface area contributed by atoms with Gasteiger partial charge in [-0.25, -0.2) is 8.78 Å². The minimum atomic E-state index is -0.749. The zero-order valence-electron chi connectivity index (χ0n) is 7.09. The summed E-state index contributed by atoms with van der Waals surface area (Å²) in [6, 6.07) is 1.87. The molecule has 0 saturated heterocycles. The average molecular weight is 196 g/mol. The van der Waals surface area contributed by atoms with Crippen LogP contribution in [0, 0.1) is 11.6 Å². The standard InChI is InChI=1S/C10H6F2O2/c11-8-2-7-1-6(4-13)5-14-10(7)9(12)3-8/h1-4H,5H2. The summed E-state index contributed by atoms with van der Waals surface area (Å²) in [7, 11) is 0. The average Bonchev–Trinajstić information content (AvgIpc) is 2.16. The zero-order valence-corrected chi connectivity index (χ0v) is 7.09. The lowest BCUT2D eigenvalue weighted by Gasteiger charge is -2.15. The smallest absolute Gasteiger partial charge is 0.168 e. The van der Waals surface area contributed by atoms with E-state index in [-0.39, 0.29) is 17.9 Å². The molecule has 14 heavy (non-hydrogen) atoms. The summed E-state index contributed by atoms with van der Waals surface area (Å²) in [5, 5.41) is 0. The van der Waals surface area contributed by atoms with Crippen LogP contribution in [0.4, 0.5) is 8.78 Å². The summed E-state index contributed by atoms with van der Waals surface area (Å²) in [5.41, 5.74) is 0.623. The van der Waals surface area contributed by atoms with Crippen LogP contribution in [0.1, 0.15) is 5.56 Å². The van der Waals surface area contributed by atoms with Crippen LogP contribution in [0.25, 0.3) is 6.08 Å². The van der Waals surface area contributed by atoms with E-state index < -0.39 is 11.6 Å². The highest BCUT2D eigenvalue weighted by molar-refractivity contribution is 5.84. The number of carbonyl (C=O) groups excluding carboxylic acids is 1. The summed E-state index contributed by atoms with van der Waals surface area (Å²) in [6.07, 6.45) is 2.02. The van der Waals surface area contributed by atoms with Gasteiger partial charge in [0, 0.05) is 17.2 Å². The third-order valence-corrected chi connectivity index (χ3v) is 1.91. The topological polar surface area (TPSA) is 26.3 Å². The molecule has 2 nitrogen and oxygen atoms in total. The fraction of sp³-hybridized carbons (Fsp3) is 0.100. The lowest BCUT2D eigenvalue weighted by Crippen LogP contribution is -2.09. The third kappa shape index (κ3) is 1.39. The van der Waals surface area contributed by atoms with Crippen molar-refractivity contribution >= 4 is 12.4 Å². The molecular formula is C10H6F2O2. The minimum absolute atomic E-state index is 0.00278. The van der Waals surface area contributed by atoms with E-state index in [0.29, 0.717) is 11.9 Å². The molecule has 0 atom stereocenters. The molecule has 1 heterocycles. The van der Waals surface area contributed by atoms with E-state index in [4.69, 9.17) is 4.74 Å². The van der Waals surface area contributed by atoms with Gasteiger partial charge in [-0.15, -0.1) is 0 Å². The fourth-order valence-corrected chi connectivity index (χ4v) is 1.30. The third-order valence-electron chi connectivity index (χ3n) is 1.91. The van der Waals surface area contributed by atoms with Crippen LogP contribution in [0.5, 0.6) is 5.75 Å². The van der Waals surface area contributed by atoms with Gasteiger partial charge in [-0.2, -0.15) is 0 Å². The Hall–Kier alpha value is -1.71. The van der Waals surface area contributed by atoms with Crippen molar-refractivity contribution in [3.8, 4) is 5.75 Å². The number of halogens is 2. The second-order valence-corrected chi connectivity index (χ2v) is 2.93. The van der Waals surface area contributed by atoms with Gasteiger partial charge in [-0.05, 0) is 12.1 Å². The first kappa shape index (κ1) is 8.87. The van der Waals surface area contributed by atoms with Crippen LogP contribution >= 0.6 is 0 Å². The van der Waals surface area contributed by atoms with E-state index >= 15 is 0 Å². The Kier molecular flexibility index (Phi) is 2.04. The second kappa shape index (κ2) is 3.21. The van der Waals surface area contributed by atoms with Crippen molar-refractivity contribution in [1.82, 2.24) is 0 Å². The molecule has 0 saturated carbocycles. The van der Waals surface area contributed by atoms with E-state index in [9.17, 15) is 13.6 Å². The first-order valence-electron chi connectivity index (χ1n) is 3.98. The molecule has 0 aromatic heterocycles. The molecule has 0 unspecified atom stereocenters. The molecule has 1 aliphatic heterocycles. The molecule has 0 aliphatic carbocycles. The maximum Gasteiger partial charge on any atom is 0.168 e. The van der Waals surface area contributed by atoms with Gasteiger partial charge < -0.3 is 4.74 Å². The quantitative estimate of drug-likeness (QED) is 0.641. The van der Waals surface area contributed by atoms with Crippen molar-refractivity contribution in [1.29, 1.82) is 0 Å². The number of aldehydes is 1. The summed E-state index contributed by atoms with van der Waals surface area (Å²) in [5.74, 6) is -1.44. The van der Waals surface area contributed by atoms with Gasteiger partial charge in [0.1, 0.15) is 18.7 Å². The van der Waals surface area contributed by atoms with E-state index in [1.807, 2.05) is 0 Å². The van der Waals surface area contributed by atoms with Crippen molar-refractivity contribution < 1.29 is 18.3 Å². The first-order valence-corrected chi connectivity index (χ1v) is 3.98. The Morgan fingerprint density at radius 1 is 1.36 bits per heavy atom. The maximum atomic E-state index is 13.1. The molecule has 0 radical (unpaired) electrons.